The van der Waals surface area contributed by atoms with Crippen molar-refractivity contribution in [2.45, 2.75) is 25.7 Å². The van der Waals surface area contributed by atoms with Gasteiger partial charge in [-0.05, 0) is 11.1 Å². The first-order chi connectivity index (χ1) is 12.6. The van der Waals surface area contributed by atoms with Crippen molar-refractivity contribution in [2.24, 2.45) is 0 Å². The Labute approximate surface area is 155 Å². The summed E-state index contributed by atoms with van der Waals surface area (Å²) in [6.07, 6.45) is 0. The highest BCUT2D eigenvalue weighted by Crippen LogP contribution is 2.37. The van der Waals surface area contributed by atoms with Crippen LogP contribution in [0.15, 0.2) is 66.7 Å². The summed E-state index contributed by atoms with van der Waals surface area (Å²) in [5, 5.41) is 0. The Kier molecular flexibility index (Phi) is 4.72. The van der Waals surface area contributed by atoms with Gasteiger partial charge >= 0.3 is 0 Å². The van der Waals surface area contributed by atoms with E-state index < -0.39 is 11.8 Å². The molecule has 0 unspecified atom stereocenters. The summed E-state index contributed by atoms with van der Waals surface area (Å²) in [4.78, 5) is 0. The van der Waals surface area contributed by atoms with Crippen molar-refractivity contribution < 1.29 is 17.6 Å². The molecule has 3 aromatic rings. The molecule has 0 aliphatic carbocycles. The maximum Gasteiger partial charge on any atom is 0.270 e. The molecule has 0 saturated carbocycles. The van der Waals surface area contributed by atoms with Crippen LogP contribution in [0.3, 0.4) is 0 Å². The number of hydrogen-bond acceptors (Lipinski definition) is 1. The van der Waals surface area contributed by atoms with Crippen molar-refractivity contribution in [1.29, 1.82) is 0 Å². The lowest BCUT2D eigenvalue weighted by Crippen LogP contribution is -2.06. The van der Waals surface area contributed by atoms with Crippen LogP contribution in [0.1, 0.15) is 25.0 Å². The first-order valence-electron chi connectivity index (χ1n) is 8.43. The maximum absolute atomic E-state index is 13.4. The summed E-state index contributed by atoms with van der Waals surface area (Å²) in [6.45, 7) is 1.70. The van der Waals surface area contributed by atoms with Crippen LogP contribution in [-0.4, -0.2) is 0 Å². The third kappa shape index (κ3) is 3.97. The third-order valence-electron chi connectivity index (χ3n) is 4.51. The SMILES string of the molecule is CC(F)(F)c1ccc(-c2cccc(-c3ccc(C(C)(F)F)cc3)c2N)cc1. The molecule has 0 radical (unpaired) electrons. The zero-order valence-electron chi connectivity index (χ0n) is 14.9. The molecule has 0 amide bonds. The summed E-state index contributed by atoms with van der Waals surface area (Å²) >= 11 is 0. The predicted octanol–water partition coefficient (Wildman–Crippen LogP) is 6.83. The van der Waals surface area contributed by atoms with Gasteiger partial charge < -0.3 is 5.73 Å². The zero-order valence-corrected chi connectivity index (χ0v) is 14.9. The molecule has 1 nitrogen and oxygen atoms in total. The average Bonchev–Trinajstić information content (AvgIpc) is 2.61. The minimum absolute atomic E-state index is 0.0722. The van der Waals surface area contributed by atoms with Gasteiger partial charge in [-0.25, -0.2) is 17.6 Å². The summed E-state index contributed by atoms with van der Waals surface area (Å²) in [7, 11) is 0. The van der Waals surface area contributed by atoms with Gasteiger partial charge in [0.05, 0.1) is 0 Å². The molecule has 27 heavy (non-hydrogen) atoms. The molecule has 3 rings (SSSR count). The molecule has 0 saturated heterocycles. The van der Waals surface area contributed by atoms with Gasteiger partial charge in [0.15, 0.2) is 0 Å². The second-order valence-corrected chi connectivity index (χ2v) is 6.70. The standard InChI is InChI=1S/C22H19F4N/c1-21(23,24)16-10-6-14(7-11-16)18-4-3-5-19(20(18)27)15-8-12-17(13-9-15)22(2,25)26/h3-13H,27H2,1-2H3. The van der Waals surface area contributed by atoms with E-state index >= 15 is 0 Å². The number of alkyl halides is 4. The van der Waals surface area contributed by atoms with Crippen molar-refractivity contribution in [3.05, 3.63) is 77.9 Å². The first-order valence-corrected chi connectivity index (χ1v) is 8.43. The van der Waals surface area contributed by atoms with Crippen molar-refractivity contribution >= 4 is 5.69 Å². The summed E-state index contributed by atoms with van der Waals surface area (Å²) in [6, 6.07) is 17.3. The molecule has 0 atom stereocenters. The Hall–Kier alpha value is -2.82. The molecule has 3 aromatic carbocycles. The molecule has 0 heterocycles. The number of nitrogen functional groups attached to an aromatic ring is 1. The summed E-state index contributed by atoms with van der Waals surface area (Å²) in [5.74, 6) is -5.82. The smallest absolute Gasteiger partial charge is 0.270 e. The highest BCUT2D eigenvalue weighted by molar-refractivity contribution is 5.88. The van der Waals surface area contributed by atoms with Crippen LogP contribution in [0.5, 0.6) is 0 Å². The predicted molar refractivity (Wildman–Crippen MR) is 101 cm³/mol. The third-order valence-corrected chi connectivity index (χ3v) is 4.51. The Morgan fingerprint density at radius 3 is 1.22 bits per heavy atom. The molecule has 0 aromatic heterocycles. The number of rotatable bonds is 4. The number of halogens is 4. The van der Waals surface area contributed by atoms with Crippen molar-refractivity contribution in [3.63, 3.8) is 0 Å². The number of hydrogen-bond donors (Lipinski definition) is 1. The second-order valence-electron chi connectivity index (χ2n) is 6.70. The Balaban J connectivity index is 1.99. The molecule has 0 bridgehead atoms. The summed E-state index contributed by atoms with van der Waals surface area (Å²) in [5.41, 5.74) is 9.43. The van der Waals surface area contributed by atoms with Crippen LogP contribution < -0.4 is 5.73 Å². The molecule has 0 aliphatic heterocycles. The molecule has 0 fully saturated rings. The number of benzene rings is 3. The molecule has 140 valence electrons. The van der Waals surface area contributed by atoms with Gasteiger partial charge in [-0.1, -0.05) is 66.7 Å². The second kappa shape index (κ2) is 6.72. The lowest BCUT2D eigenvalue weighted by atomic mass is 9.94. The molecular formula is C22H19F4N. The Bertz CT molecular complexity index is 858. The van der Waals surface area contributed by atoms with Gasteiger partial charge in [0.25, 0.3) is 11.8 Å². The fourth-order valence-electron chi connectivity index (χ4n) is 2.95. The van der Waals surface area contributed by atoms with Gasteiger partial charge in [-0.3, -0.25) is 0 Å². The van der Waals surface area contributed by atoms with E-state index in [4.69, 9.17) is 5.73 Å². The average molecular weight is 373 g/mol. The Morgan fingerprint density at radius 2 is 0.926 bits per heavy atom. The molecule has 2 N–H and O–H groups in total. The fraction of sp³-hybridized carbons (Fsp3) is 0.182. The van der Waals surface area contributed by atoms with Crippen molar-refractivity contribution in [3.8, 4) is 22.3 Å². The van der Waals surface area contributed by atoms with E-state index in [-0.39, 0.29) is 11.1 Å². The normalized spacial score (nSPS) is 12.2. The van der Waals surface area contributed by atoms with Crippen LogP contribution in [0, 0.1) is 0 Å². The molecule has 5 heteroatoms. The van der Waals surface area contributed by atoms with E-state index in [0.29, 0.717) is 27.9 Å². The van der Waals surface area contributed by atoms with Crippen LogP contribution in [0.25, 0.3) is 22.3 Å². The first kappa shape index (κ1) is 19.0. The minimum atomic E-state index is -2.91. The van der Waals surface area contributed by atoms with E-state index in [1.165, 1.54) is 24.3 Å². The molecule has 0 spiro atoms. The zero-order chi connectivity index (χ0) is 19.8. The van der Waals surface area contributed by atoms with Gasteiger partial charge in [0.2, 0.25) is 0 Å². The van der Waals surface area contributed by atoms with Crippen LogP contribution >= 0.6 is 0 Å². The van der Waals surface area contributed by atoms with E-state index in [9.17, 15) is 17.6 Å². The van der Waals surface area contributed by atoms with Gasteiger partial charge in [-0.15, -0.1) is 0 Å². The lowest BCUT2D eigenvalue weighted by Gasteiger charge is -2.15. The lowest BCUT2D eigenvalue weighted by molar-refractivity contribution is 0.0168. The van der Waals surface area contributed by atoms with Crippen LogP contribution in [0.4, 0.5) is 23.2 Å². The van der Waals surface area contributed by atoms with Crippen LogP contribution in [0.2, 0.25) is 0 Å². The fourth-order valence-corrected chi connectivity index (χ4v) is 2.95. The van der Waals surface area contributed by atoms with E-state index in [1.807, 2.05) is 0 Å². The van der Waals surface area contributed by atoms with E-state index in [0.717, 1.165) is 13.8 Å². The largest absolute Gasteiger partial charge is 0.398 e. The van der Waals surface area contributed by atoms with Crippen LogP contribution in [-0.2, 0) is 11.8 Å². The van der Waals surface area contributed by atoms with E-state index in [2.05, 4.69) is 0 Å². The number of anilines is 1. The number of nitrogens with two attached hydrogens (primary N) is 1. The van der Waals surface area contributed by atoms with Crippen molar-refractivity contribution in [1.82, 2.24) is 0 Å². The quantitative estimate of drug-likeness (QED) is 0.394. The minimum Gasteiger partial charge on any atom is -0.398 e. The van der Waals surface area contributed by atoms with Gasteiger partial charge in [0.1, 0.15) is 0 Å². The van der Waals surface area contributed by atoms with E-state index in [1.54, 1.807) is 42.5 Å². The van der Waals surface area contributed by atoms with Gasteiger partial charge in [0, 0.05) is 41.8 Å². The summed E-state index contributed by atoms with van der Waals surface area (Å²) < 4.78 is 53.6. The topological polar surface area (TPSA) is 26.0 Å². The number of para-hydroxylation sites is 1. The maximum atomic E-state index is 13.4. The van der Waals surface area contributed by atoms with Gasteiger partial charge in [-0.2, -0.15) is 0 Å². The Morgan fingerprint density at radius 1 is 0.593 bits per heavy atom. The molecular weight excluding hydrogens is 354 g/mol. The highest BCUT2D eigenvalue weighted by Gasteiger charge is 2.25. The highest BCUT2D eigenvalue weighted by atomic mass is 19.3. The molecule has 0 aliphatic rings. The monoisotopic (exact) mass is 373 g/mol. The van der Waals surface area contributed by atoms with Crippen molar-refractivity contribution in [2.75, 3.05) is 5.73 Å².